The molecule has 3 rings (SSSR count). The number of thiazole rings is 1. The summed E-state index contributed by atoms with van der Waals surface area (Å²) in [5, 5.41) is 2.77. The molecule has 0 aliphatic heterocycles. The second-order valence-corrected chi connectivity index (χ2v) is 7.08. The molecule has 2 N–H and O–H groups in total. The van der Waals surface area contributed by atoms with Gasteiger partial charge in [-0.2, -0.15) is 0 Å². The quantitative estimate of drug-likeness (QED) is 0.704. The maximum atomic E-state index is 12.3. The van der Waals surface area contributed by atoms with Gasteiger partial charge in [0.25, 0.3) is 11.8 Å². The van der Waals surface area contributed by atoms with E-state index in [1.807, 2.05) is 36.6 Å². The summed E-state index contributed by atoms with van der Waals surface area (Å²) in [7, 11) is 0. The lowest BCUT2D eigenvalue weighted by Gasteiger charge is -2.08. The fourth-order valence-electron chi connectivity index (χ4n) is 2.18. The van der Waals surface area contributed by atoms with Crippen molar-refractivity contribution in [2.75, 3.05) is 0 Å². The number of rotatable bonds is 3. The molecule has 0 aliphatic rings. The third kappa shape index (κ3) is 3.37. The van der Waals surface area contributed by atoms with Crippen LogP contribution in [0.4, 0.5) is 0 Å². The van der Waals surface area contributed by atoms with Gasteiger partial charge in [0.15, 0.2) is 0 Å². The molecule has 2 amide bonds. The van der Waals surface area contributed by atoms with Gasteiger partial charge in [0.1, 0.15) is 9.88 Å². The van der Waals surface area contributed by atoms with Crippen LogP contribution in [0.1, 0.15) is 31.3 Å². The fraction of sp³-hybridized carbons (Fsp3) is 0.118. The van der Waals surface area contributed by atoms with E-state index in [1.54, 1.807) is 30.4 Å². The SMILES string of the molecule is Cc1ccccc1C(=O)NNC(=O)c1sc(-c2cccs2)nc1C. The summed E-state index contributed by atoms with van der Waals surface area (Å²) in [4.78, 5) is 30.4. The molecule has 122 valence electrons. The maximum absolute atomic E-state index is 12.3. The van der Waals surface area contributed by atoms with Crippen LogP contribution < -0.4 is 10.9 Å². The first-order valence-electron chi connectivity index (χ1n) is 7.24. The Hall–Kier alpha value is -2.51. The summed E-state index contributed by atoms with van der Waals surface area (Å²) in [5.74, 6) is -0.711. The second kappa shape index (κ2) is 6.94. The van der Waals surface area contributed by atoms with Crippen molar-refractivity contribution in [3.63, 3.8) is 0 Å². The number of nitrogens with zero attached hydrogens (tertiary/aromatic N) is 1. The molecule has 1 aromatic carbocycles. The number of carbonyl (C=O) groups is 2. The molecule has 3 aromatic rings. The summed E-state index contributed by atoms with van der Waals surface area (Å²) in [6.45, 7) is 3.63. The third-order valence-corrected chi connectivity index (χ3v) is 5.61. The van der Waals surface area contributed by atoms with Crippen LogP contribution in [-0.2, 0) is 0 Å². The van der Waals surface area contributed by atoms with Gasteiger partial charge in [-0.05, 0) is 36.9 Å². The number of carbonyl (C=O) groups excluding carboxylic acids is 2. The molecule has 0 unspecified atom stereocenters. The molecule has 0 spiro atoms. The van der Waals surface area contributed by atoms with E-state index >= 15 is 0 Å². The highest BCUT2D eigenvalue weighted by molar-refractivity contribution is 7.22. The standard InChI is InChI=1S/C17H15N3O2S2/c1-10-6-3-4-7-12(10)15(21)19-20-16(22)14-11(2)18-17(24-14)13-8-5-9-23-13/h3-9H,1-2H3,(H,19,21)(H,20,22). The third-order valence-electron chi connectivity index (χ3n) is 3.41. The number of amides is 2. The van der Waals surface area contributed by atoms with Crippen molar-refractivity contribution in [3.05, 3.63) is 63.5 Å². The van der Waals surface area contributed by atoms with Crippen LogP contribution in [0.3, 0.4) is 0 Å². The highest BCUT2D eigenvalue weighted by atomic mass is 32.1. The first-order valence-corrected chi connectivity index (χ1v) is 8.93. The molecule has 24 heavy (non-hydrogen) atoms. The zero-order valence-electron chi connectivity index (χ0n) is 13.1. The fourth-order valence-corrected chi connectivity index (χ4v) is 3.94. The van der Waals surface area contributed by atoms with Gasteiger partial charge < -0.3 is 0 Å². The molecular weight excluding hydrogens is 342 g/mol. The molecule has 5 nitrogen and oxygen atoms in total. The molecule has 0 aliphatic carbocycles. The summed E-state index contributed by atoms with van der Waals surface area (Å²) in [6, 6.07) is 11.1. The minimum atomic E-state index is -0.366. The van der Waals surface area contributed by atoms with Crippen LogP contribution in [0.15, 0.2) is 41.8 Å². The van der Waals surface area contributed by atoms with Gasteiger partial charge in [-0.15, -0.1) is 22.7 Å². The predicted molar refractivity (Wildman–Crippen MR) is 96.3 cm³/mol. The maximum Gasteiger partial charge on any atom is 0.281 e. The Bertz CT molecular complexity index is 885. The van der Waals surface area contributed by atoms with Crippen molar-refractivity contribution in [2.24, 2.45) is 0 Å². The molecule has 0 saturated carbocycles. The first kappa shape index (κ1) is 16.4. The lowest BCUT2D eigenvalue weighted by Crippen LogP contribution is -2.41. The Morgan fingerprint density at radius 3 is 2.46 bits per heavy atom. The van der Waals surface area contributed by atoms with E-state index in [4.69, 9.17) is 0 Å². The Kier molecular flexibility index (Phi) is 4.73. The van der Waals surface area contributed by atoms with E-state index in [1.165, 1.54) is 11.3 Å². The van der Waals surface area contributed by atoms with Crippen molar-refractivity contribution in [2.45, 2.75) is 13.8 Å². The van der Waals surface area contributed by atoms with Gasteiger partial charge in [0, 0.05) is 5.56 Å². The number of aryl methyl sites for hydroxylation is 2. The van der Waals surface area contributed by atoms with E-state index < -0.39 is 0 Å². The predicted octanol–water partition coefficient (Wildman–Crippen LogP) is 3.56. The first-order chi connectivity index (χ1) is 11.6. The molecule has 0 fully saturated rings. The van der Waals surface area contributed by atoms with Crippen molar-refractivity contribution >= 4 is 34.5 Å². The van der Waals surface area contributed by atoms with Crippen LogP contribution in [0.2, 0.25) is 0 Å². The van der Waals surface area contributed by atoms with Crippen LogP contribution in [0.5, 0.6) is 0 Å². The smallest absolute Gasteiger partial charge is 0.267 e. The van der Waals surface area contributed by atoms with Gasteiger partial charge in [-0.25, -0.2) is 4.98 Å². The van der Waals surface area contributed by atoms with Crippen LogP contribution in [-0.4, -0.2) is 16.8 Å². The molecule has 0 radical (unpaired) electrons. The van der Waals surface area contributed by atoms with E-state index in [0.717, 1.165) is 15.4 Å². The van der Waals surface area contributed by atoms with E-state index in [2.05, 4.69) is 15.8 Å². The number of hydrogen-bond donors (Lipinski definition) is 2. The van der Waals surface area contributed by atoms with E-state index in [9.17, 15) is 9.59 Å². The molecule has 2 heterocycles. The molecule has 0 bridgehead atoms. The van der Waals surface area contributed by atoms with Gasteiger partial charge in [0.2, 0.25) is 0 Å². The molecule has 7 heteroatoms. The topological polar surface area (TPSA) is 71.1 Å². The van der Waals surface area contributed by atoms with Crippen molar-refractivity contribution < 1.29 is 9.59 Å². The van der Waals surface area contributed by atoms with Gasteiger partial charge in [-0.3, -0.25) is 20.4 Å². The van der Waals surface area contributed by atoms with E-state index in [0.29, 0.717) is 16.1 Å². The molecule has 0 saturated heterocycles. The Balaban J connectivity index is 1.70. The normalized spacial score (nSPS) is 10.4. The number of hydrogen-bond acceptors (Lipinski definition) is 5. The van der Waals surface area contributed by atoms with Gasteiger partial charge in [0.05, 0.1) is 10.6 Å². The highest BCUT2D eigenvalue weighted by Gasteiger charge is 2.17. The number of hydrazine groups is 1. The lowest BCUT2D eigenvalue weighted by atomic mass is 10.1. The van der Waals surface area contributed by atoms with Gasteiger partial charge >= 0.3 is 0 Å². The lowest BCUT2D eigenvalue weighted by molar-refractivity contribution is 0.0848. The molecule has 0 atom stereocenters. The zero-order valence-corrected chi connectivity index (χ0v) is 14.8. The van der Waals surface area contributed by atoms with Crippen LogP contribution >= 0.6 is 22.7 Å². The van der Waals surface area contributed by atoms with Crippen molar-refractivity contribution in [3.8, 4) is 9.88 Å². The minimum absolute atomic E-state index is 0.345. The highest BCUT2D eigenvalue weighted by Crippen LogP contribution is 2.30. The summed E-state index contributed by atoms with van der Waals surface area (Å²) in [5.41, 5.74) is 6.93. The zero-order chi connectivity index (χ0) is 17.1. The summed E-state index contributed by atoms with van der Waals surface area (Å²) < 4.78 is 0. The second-order valence-electron chi connectivity index (χ2n) is 5.13. The van der Waals surface area contributed by atoms with Gasteiger partial charge in [-0.1, -0.05) is 24.3 Å². The Morgan fingerprint density at radius 2 is 1.75 bits per heavy atom. The minimum Gasteiger partial charge on any atom is -0.267 e. The van der Waals surface area contributed by atoms with Crippen molar-refractivity contribution in [1.29, 1.82) is 0 Å². The van der Waals surface area contributed by atoms with Crippen LogP contribution in [0.25, 0.3) is 9.88 Å². The van der Waals surface area contributed by atoms with Crippen molar-refractivity contribution in [1.82, 2.24) is 15.8 Å². The average molecular weight is 357 g/mol. The summed E-state index contributed by atoms with van der Waals surface area (Å²) >= 11 is 2.89. The largest absolute Gasteiger partial charge is 0.281 e. The van der Waals surface area contributed by atoms with Crippen LogP contribution in [0, 0.1) is 13.8 Å². The number of thiophene rings is 1. The molecular formula is C17H15N3O2S2. The number of benzene rings is 1. The Morgan fingerprint density at radius 1 is 1.00 bits per heavy atom. The van der Waals surface area contributed by atoms with E-state index in [-0.39, 0.29) is 11.8 Å². The monoisotopic (exact) mass is 357 g/mol. The number of nitrogens with one attached hydrogen (secondary N) is 2. The molecule has 2 aromatic heterocycles. The number of aromatic nitrogens is 1. The summed E-state index contributed by atoms with van der Waals surface area (Å²) in [6.07, 6.45) is 0. The average Bonchev–Trinajstić information content (AvgIpc) is 3.22. The Labute approximate surface area is 147 Å².